The minimum absolute atomic E-state index is 0.0589. The first-order valence-electron chi connectivity index (χ1n) is 4.63. The van der Waals surface area contributed by atoms with Crippen molar-refractivity contribution in [2.45, 2.75) is 18.7 Å². The number of hydrogen-bond acceptors (Lipinski definition) is 3. The van der Waals surface area contributed by atoms with Gasteiger partial charge in [-0.15, -0.1) is 0 Å². The van der Waals surface area contributed by atoms with Crippen molar-refractivity contribution >= 4 is 5.84 Å². The number of halogens is 3. The van der Waals surface area contributed by atoms with Crippen molar-refractivity contribution in [1.29, 1.82) is 5.41 Å². The van der Waals surface area contributed by atoms with Crippen LogP contribution in [-0.2, 0) is 4.74 Å². The van der Waals surface area contributed by atoms with Gasteiger partial charge in [0.1, 0.15) is 11.9 Å². The number of hydrogen-bond donors (Lipinski definition) is 2. The van der Waals surface area contributed by atoms with E-state index in [0.29, 0.717) is 13.2 Å². The lowest BCUT2D eigenvalue weighted by Gasteiger charge is -2.32. The Morgan fingerprint density at radius 3 is 2.73 bits per heavy atom. The molecule has 1 aliphatic heterocycles. The Kier molecular flexibility index (Phi) is 3.92. The summed E-state index contributed by atoms with van der Waals surface area (Å²) in [6, 6.07) is 0. The molecule has 3 N–H and O–H groups in total. The Balaban J connectivity index is 2.34. The summed E-state index contributed by atoms with van der Waals surface area (Å²) < 4.78 is 41.0. The number of alkyl halides is 3. The minimum atomic E-state index is -4.13. The fraction of sp³-hybridized carbons (Fsp3) is 0.875. The fourth-order valence-electron chi connectivity index (χ4n) is 1.38. The molecule has 1 saturated heterocycles. The van der Waals surface area contributed by atoms with E-state index in [1.165, 1.54) is 0 Å². The van der Waals surface area contributed by atoms with Crippen molar-refractivity contribution in [2.24, 2.45) is 5.73 Å². The molecule has 1 aliphatic rings. The van der Waals surface area contributed by atoms with Crippen LogP contribution in [0.4, 0.5) is 13.2 Å². The summed E-state index contributed by atoms with van der Waals surface area (Å²) in [5.74, 6) is -0.133. The molecular weight excluding hydrogens is 211 g/mol. The molecule has 1 rings (SSSR count). The van der Waals surface area contributed by atoms with Gasteiger partial charge in [0.25, 0.3) is 0 Å². The normalized spacial score (nSPS) is 24.1. The van der Waals surface area contributed by atoms with Crippen LogP contribution in [0.5, 0.6) is 0 Å². The number of nitrogens with two attached hydrogens (primary N) is 1. The zero-order chi connectivity index (χ0) is 11.5. The van der Waals surface area contributed by atoms with Crippen molar-refractivity contribution in [2.75, 3.05) is 26.2 Å². The first-order valence-corrected chi connectivity index (χ1v) is 4.63. The van der Waals surface area contributed by atoms with Gasteiger partial charge in [0.15, 0.2) is 0 Å². The topological polar surface area (TPSA) is 62.3 Å². The van der Waals surface area contributed by atoms with Crippen LogP contribution in [-0.4, -0.2) is 49.3 Å². The molecule has 0 spiro atoms. The Hall–Kier alpha value is -0.820. The Morgan fingerprint density at radius 2 is 2.20 bits per heavy atom. The molecule has 15 heavy (non-hydrogen) atoms. The minimum Gasteiger partial charge on any atom is -0.385 e. The van der Waals surface area contributed by atoms with Crippen LogP contribution < -0.4 is 5.73 Å². The standard InChI is InChI=1S/C8H14F3N3O/c9-8(10,11)1-2-14-3-4-15-6(5-14)7(12)13/h6H,1-5H2,(H3,12,13). The zero-order valence-corrected chi connectivity index (χ0v) is 8.18. The molecule has 0 aromatic carbocycles. The lowest BCUT2D eigenvalue weighted by atomic mass is 10.2. The third-order valence-corrected chi connectivity index (χ3v) is 2.21. The van der Waals surface area contributed by atoms with Gasteiger partial charge >= 0.3 is 6.18 Å². The molecule has 0 radical (unpaired) electrons. The lowest BCUT2D eigenvalue weighted by Crippen LogP contribution is -2.48. The van der Waals surface area contributed by atoms with E-state index in [2.05, 4.69) is 0 Å². The Bertz CT molecular complexity index is 232. The predicted octanol–water partition coefficient (Wildman–Crippen LogP) is 0.576. The van der Waals surface area contributed by atoms with Crippen molar-refractivity contribution < 1.29 is 17.9 Å². The van der Waals surface area contributed by atoms with E-state index in [-0.39, 0.29) is 18.9 Å². The molecule has 7 heteroatoms. The maximum Gasteiger partial charge on any atom is 0.390 e. The van der Waals surface area contributed by atoms with E-state index in [9.17, 15) is 13.2 Å². The summed E-state index contributed by atoms with van der Waals surface area (Å²) >= 11 is 0. The number of nitrogens with zero attached hydrogens (tertiary/aromatic N) is 1. The van der Waals surface area contributed by atoms with Crippen molar-refractivity contribution in [1.82, 2.24) is 4.90 Å². The molecule has 0 aromatic rings. The van der Waals surface area contributed by atoms with Gasteiger partial charge in [-0.25, -0.2) is 0 Å². The molecule has 0 bridgehead atoms. The summed E-state index contributed by atoms with van der Waals surface area (Å²) in [7, 11) is 0. The van der Waals surface area contributed by atoms with E-state index < -0.39 is 18.7 Å². The van der Waals surface area contributed by atoms with E-state index in [4.69, 9.17) is 15.9 Å². The first-order chi connectivity index (χ1) is 6.88. The van der Waals surface area contributed by atoms with Crippen molar-refractivity contribution in [3.8, 4) is 0 Å². The summed E-state index contributed by atoms with van der Waals surface area (Å²) in [5, 5.41) is 7.14. The van der Waals surface area contributed by atoms with Crippen LogP contribution in [0.15, 0.2) is 0 Å². The molecule has 1 fully saturated rings. The number of ether oxygens (including phenoxy) is 1. The maximum atomic E-state index is 11.9. The van der Waals surface area contributed by atoms with E-state index in [0.717, 1.165) is 0 Å². The summed E-state index contributed by atoms with van der Waals surface area (Å²) in [4.78, 5) is 1.61. The molecule has 4 nitrogen and oxygen atoms in total. The fourth-order valence-corrected chi connectivity index (χ4v) is 1.38. The predicted molar refractivity (Wildman–Crippen MR) is 48.8 cm³/mol. The molecular formula is C8H14F3N3O. The Morgan fingerprint density at radius 1 is 1.53 bits per heavy atom. The van der Waals surface area contributed by atoms with Gasteiger partial charge in [-0.05, 0) is 0 Å². The van der Waals surface area contributed by atoms with Gasteiger partial charge in [-0.2, -0.15) is 13.2 Å². The molecule has 1 unspecified atom stereocenters. The maximum absolute atomic E-state index is 11.9. The molecule has 0 aromatic heterocycles. The molecule has 0 saturated carbocycles. The lowest BCUT2D eigenvalue weighted by molar-refractivity contribution is -0.140. The SMILES string of the molecule is N=C(N)C1CN(CCC(F)(F)F)CCO1. The highest BCUT2D eigenvalue weighted by molar-refractivity contribution is 5.82. The van der Waals surface area contributed by atoms with Crippen molar-refractivity contribution in [3.63, 3.8) is 0 Å². The van der Waals surface area contributed by atoms with Crippen molar-refractivity contribution in [3.05, 3.63) is 0 Å². The number of morpholine rings is 1. The quantitative estimate of drug-likeness (QED) is 0.545. The third kappa shape index (κ3) is 4.48. The average Bonchev–Trinajstić information content (AvgIpc) is 2.14. The van der Waals surface area contributed by atoms with E-state index in [1.807, 2.05) is 0 Å². The smallest absolute Gasteiger partial charge is 0.385 e. The van der Waals surface area contributed by atoms with Gasteiger partial charge < -0.3 is 10.5 Å². The largest absolute Gasteiger partial charge is 0.390 e. The van der Waals surface area contributed by atoms with Crippen LogP contribution >= 0.6 is 0 Å². The van der Waals surface area contributed by atoms with E-state index in [1.54, 1.807) is 4.90 Å². The van der Waals surface area contributed by atoms with Gasteiger partial charge in [0.05, 0.1) is 13.0 Å². The number of amidine groups is 1. The van der Waals surface area contributed by atoms with Crippen LogP contribution in [0.3, 0.4) is 0 Å². The monoisotopic (exact) mass is 225 g/mol. The van der Waals surface area contributed by atoms with Gasteiger partial charge in [-0.3, -0.25) is 10.3 Å². The molecule has 1 atom stereocenters. The second-order valence-corrected chi connectivity index (χ2v) is 3.48. The Labute approximate surface area is 85.7 Å². The van der Waals surface area contributed by atoms with Crippen LogP contribution in [0.1, 0.15) is 6.42 Å². The zero-order valence-electron chi connectivity index (χ0n) is 8.18. The summed E-state index contributed by atoms with van der Waals surface area (Å²) in [5.41, 5.74) is 5.22. The van der Waals surface area contributed by atoms with Crippen LogP contribution in [0.2, 0.25) is 0 Å². The highest BCUT2D eigenvalue weighted by Crippen LogP contribution is 2.20. The first kappa shape index (κ1) is 12.3. The molecule has 1 heterocycles. The highest BCUT2D eigenvalue weighted by atomic mass is 19.4. The molecule has 0 amide bonds. The summed E-state index contributed by atoms with van der Waals surface area (Å²) in [6.07, 6.45) is -5.53. The average molecular weight is 225 g/mol. The van der Waals surface area contributed by atoms with Crippen LogP contribution in [0, 0.1) is 5.41 Å². The highest BCUT2D eigenvalue weighted by Gasteiger charge is 2.30. The van der Waals surface area contributed by atoms with E-state index >= 15 is 0 Å². The number of rotatable bonds is 3. The van der Waals surface area contributed by atoms with Gasteiger partial charge in [0.2, 0.25) is 0 Å². The summed E-state index contributed by atoms with van der Waals surface area (Å²) in [6.45, 7) is 0.990. The second-order valence-electron chi connectivity index (χ2n) is 3.48. The van der Waals surface area contributed by atoms with Gasteiger partial charge in [-0.1, -0.05) is 0 Å². The third-order valence-electron chi connectivity index (χ3n) is 2.21. The van der Waals surface area contributed by atoms with Gasteiger partial charge in [0, 0.05) is 19.6 Å². The molecule has 0 aliphatic carbocycles. The number of nitrogens with one attached hydrogen (secondary N) is 1. The van der Waals surface area contributed by atoms with Crippen LogP contribution in [0.25, 0.3) is 0 Å². The molecule has 88 valence electrons. The second kappa shape index (κ2) is 4.80.